The zero-order chi connectivity index (χ0) is 14.5. The molecule has 4 heteroatoms. The third-order valence-electron chi connectivity index (χ3n) is 3.04. The van der Waals surface area contributed by atoms with Gasteiger partial charge in [-0.25, -0.2) is 0 Å². The molecule has 2 aromatic rings. The first kappa shape index (κ1) is 15.2. The van der Waals surface area contributed by atoms with Gasteiger partial charge in [-0.3, -0.25) is 0 Å². The number of hydrogen-bond acceptors (Lipinski definition) is 2. The van der Waals surface area contributed by atoms with E-state index in [4.69, 9.17) is 28.9 Å². The summed E-state index contributed by atoms with van der Waals surface area (Å²) in [4.78, 5) is 0. The monoisotopic (exact) mass is 308 g/mol. The van der Waals surface area contributed by atoms with Crippen molar-refractivity contribution in [2.24, 2.45) is 5.73 Å². The van der Waals surface area contributed by atoms with Gasteiger partial charge >= 0.3 is 0 Å². The van der Waals surface area contributed by atoms with E-state index in [-0.39, 0.29) is 6.04 Å². The highest BCUT2D eigenvalue weighted by Gasteiger charge is 2.05. The van der Waals surface area contributed by atoms with Crippen molar-refractivity contribution < 1.29 is 0 Å². The standard InChI is InChI=1S/C16H18Cl2N2/c1-11(19)9-12-5-7-13(8-6-12)20-10-14-15(17)3-2-4-16(14)18/h2-8,11,20H,9-10,19H2,1H3. The number of anilines is 1. The van der Waals surface area contributed by atoms with Crippen LogP contribution in [0, 0.1) is 0 Å². The van der Waals surface area contributed by atoms with Crippen LogP contribution in [-0.2, 0) is 13.0 Å². The Bertz CT molecular complexity index is 545. The first-order chi connectivity index (χ1) is 9.56. The quantitative estimate of drug-likeness (QED) is 0.853. The van der Waals surface area contributed by atoms with Crippen molar-refractivity contribution >= 4 is 28.9 Å². The smallest absolute Gasteiger partial charge is 0.0470 e. The number of benzene rings is 2. The number of rotatable bonds is 5. The second-order valence-corrected chi connectivity index (χ2v) is 5.75. The van der Waals surface area contributed by atoms with Crippen LogP contribution in [-0.4, -0.2) is 6.04 Å². The van der Waals surface area contributed by atoms with Crippen LogP contribution in [0.4, 0.5) is 5.69 Å². The van der Waals surface area contributed by atoms with E-state index >= 15 is 0 Å². The Hall–Kier alpha value is -1.22. The van der Waals surface area contributed by atoms with Gasteiger partial charge in [-0.1, -0.05) is 41.4 Å². The van der Waals surface area contributed by atoms with Gasteiger partial charge in [0.05, 0.1) is 0 Å². The Labute approximate surface area is 129 Å². The maximum atomic E-state index is 6.14. The lowest BCUT2D eigenvalue weighted by Gasteiger charge is -2.11. The van der Waals surface area contributed by atoms with Gasteiger partial charge in [-0.2, -0.15) is 0 Å². The summed E-state index contributed by atoms with van der Waals surface area (Å²) in [6, 6.07) is 14.0. The number of nitrogens with one attached hydrogen (secondary N) is 1. The molecule has 0 aromatic heterocycles. The summed E-state index contributed by atoms with van der Waals surface area (Å²) in [7, 11) is 0. The van der Waals surface area contributed by atoms with E-state index in [1.165, 1.54) is 5.56 Å². The van der Waals surface area contributed by atoms with Gasteiger partial charge in [0.15, 0.2) is 0 Å². The maximum Gasteiger partial charge on any atom is 0.0470 e. The van der Waals surface area contributed by atoms with Crippen LogP contribution in [0.3, 0.4) is 0 Å². The summed E-state index contributed by atoms with van der Waals surface area (Å²) in [5.74, 6) is 0. The van der Waals surface area contributed by atoms with Crippen molar-refractivity contribution in [3.05, 3.63) is 63.6 Å². The first-order valence-electron chi connectivity index (χ1n) is 6.57. The zero-order valence-corrected chi connectivity index (χ0v) is 12.9. The zero-order valence-electron chi connectivity index (χ0n) is 11.4. The fourth-order valence-corrected chi connectivity index (χ4v) is 2.55. The third kappa shape index (κ3) is 4.14. The molecule has 20 heavy (non-hydrogen) atoms. The molecule has 0 aliphatic heterocycles. The van der Waals surface area contributed by atoms with Crippen molar-refractivity contribution in [1.29, 1.82) is 0 Å². The fourth-order valence-electron chi connectivity index (χ4n) is 2.02. The summed E-state index contributed by atoms with van der Waals surface area (Å²) in [5.41, 5.74) is 8.97. The van der Waals surface area contributed by atoms with Crippen molar-refractivity contribution in [3.8, 4) is 0 Å². The maximum absolute atomic E-state index is 6.14. The van der Waals surface area contributed by atoms with Gasteiger partial charge in [0.1, 0.15) is 0 Å². The summed E-state index contributed by atoms with van der Waals surface area (Å²) in [6.07, 6.45) is 0.886. The lowest BCUT2D eigenvalue weighted by atomic mass is 10.1. The van der Waals surface area contributed by atoms with Crippen LogP contribution in [0.25, 0.3) is 0 Å². The minimum absolute atomic E-state index is 0.177. The summed E-state index contributed by atoms with van der Waals surface area (Å²) < 4.78 is 0. The largest absolute Gasteiger partial charge is 0.381 e. The Morgan fingerprint density at radius 3 is 2.20 bits per heavy atom. The normalized spacial score (nSPS) is 12.2. The highest BCUT2D eigenvalue weighted by atomic mass is 35.5. The second-order valence-electron chi connectivity index (χ2n) is 4.93. The molecular weight excluding hydrogens is 291 g/mol. The molecule has 0 fully saturated rings. The molecule has 0 aliphatic carbocycles. The molecule has 0 heterocycles. The molecule has 0 radical (unpaired) electrons. The van der Waals surface area contributed by atoms with E-state index in [0.717, 1.165) is 17.7 Å². The molecule has 0 spiro atoms. The summed E-state index contributed by atoms with van der Waals surface area (Å²) >= 11 is 12.3. The Morgan fingerprint density at radius 1 is 1.05 bits per heavy atom. The molecule has 0 amide bonds. The van der Waals surface area contributed by atoms with Gasteiger partial charge in [0.25, 0.3) is 0 Å². The molecule has 106 valence electrons. The van der Waals surface area contributed by atoms with Gasteiger partial charge < -0.3 is 11.1 Å². The fraction of sp³-hybridized carbons (Fsp3) is 0.250. The molecule has 0 bridgehead atoms. The molecule has 2 aromatic carbocycles. The average molecular weight is 309 g/mol. The highest BCUT2D eigenvalue weighted by molar-refractivity contribution is 6.36. The van der Waals surface area contributed by atoms with E-state index in [1.807, 2.05) is 37.3 Å². The molecule has 0 saturated heterocycles. The topological polar surface area (TPSA) is 38.0 Å². The van der Waals surface area contributed by atoms with E-state index < -0.39 is 0 Å². The molecular formula is C16H18Cl2N2. The molecule has 0 saturated carbocycles. The van der Waals surface area contributed by atoms with Crippen LogP contribution in [0.5, 0.6) is 0 Å². The van der Waals surface area contributed by atoms with Crippen molar-refractivity contribution in [1.82, 2.24) is 0 Å². The lowest BCUT2D eigenvalue weighted by Crippen LogP contribution is -2.17. The van der Waals surface area contributed by atoms with Gasteiger partial charge in [0.2, 0.25) is 0 Å². The van der Waals surface area contributed by atoms with E-state index in [0.29, 0.717) is 16.6 Å². The Kier molecular flexibility index (Phi) is 5.30. The predicted molar refractivity (Wildman–Crippen MR) is 87.6 cm³/mol. The molecule has 2 rings (SSSR count). The SMILES string of the molecule is CC(N)Cc1ccc(NCc2c(Cl)cccc2Cl)cc1. The van der Waals surface area contributed by atoms with Gasteiger partial charge in [-0.15, -0.1) is 0 Å². The highest BCUT2D eigenvalue weighted by Crippen LogP contribution is 2.25. The minimum Gasteiger partial charge on any atom is -0.381 e. The lowest BCUT2D eigenvalue weighted by molar-refractivity contribution is 0.738. The van der Waals surface area contributed by atoms with Gasteiger partial charge in [0, 0.05) is 33.9 Å². The number of nitrogens with two attached hydrogens (primary N) is 1. The Morgan fingerprint density at radius 2 is 1.65 bits per heavy atom. The van der Waals surface area contributed by atoms with E-state index in [9.17, 15) is 0 Å². The predicted octanol–water partition coefficient (Wildman–Crippen LogP) is 4.50. The van der Waals surface area contributed by atoms with Crippen LogP contribution in [0.1, 0.15) is 18.1 Å². The minimum atomic E-state index is 0.177. The number of hydrogen-bond donors (Lipinski definition) is 2. The second kappa shape index (κ2) is 6.98. The third-order valence-corrected chi connectivity index (χ3v) is 3.75. The summed E-state index contributed by atoms with van der Waals surface area (Å²) in [6.45, 7) is 2.61. The van der Waals surface area contributed by atoms with Crippen LogP contribution in [0.2, 0.25) is 10.0 Å². The molecule has 3 N–H and O–H groups in total. The summed E-state index contributed by atoms with van der Waals surface area (Å²) in [5, 5.41) is 4.68. The average Bonchev–Trinajstić information content (AvgIpc) is 2.39. The van der Waals surface area contributed by atoms with Crippen molar-refractivity contribution in [2.45, 2.75) is 25.9 Å². The molecule has 0 aliphatic rings. The van der Waals surface area contributed by atoms with E-state index in [1.54, 1.807) is 0 Å². The molecule has 2 nitrogen and oxygen atoms in total. The first-order valence-corrected chi connectivity index (χ1v) is 7.33. The van der Waals surface area contributed by atoms with Crippen molar-refractivity contribution in [2.75, 3.05) is 5.32 Å². The molecule has 1 atom stereocenters. The van der Waals surface area contributed by atoms with Crippen LogP contribution < -0.4 is 11.1 Å². The van der Waals surface area contributed by atoms with Gasteiger partial charge in [-0.05, 0) is 43.2 Å². The Balaban J connectivity index is 2.00. The van der Waals surface area contributed by atoms with Crippen LogP contribution >= 0.6 is 23.2 Å². The van der Waals surface area contributed by atoms with Crippen LogP contribution in [0.15, 0.2) is 42.5 Å². The van der Waals surface area contributed by atoms with E-state index in [2.05, 4.69) is 17.4 Å². The number of halogens is 2. The van der Waals surface area contributed by atoms with Crippen molar-refractivity contribution in [3.63, 3.8) is 0 Å². The molecule has 1 unspecified atom stereocenters.